The minimum atomic E-state index is -1.19. The summed E-state index contributed by atoms with van der Waals surface area (Å²) in [5, 5.41) is 13.9. The van der Waals surface area contributed by atoms with E-state index < -0.39 is 5.97 Å². The van der Waals surface area contributed by atoms with E-state index in [4.69, 9.17) is 19.2 Å². The fraction of sp³-hybridized carbons (Fsp3) is 0.261. The van der Waals surface area contributed by atoms with Crippen LogP contribution in [0.15, 0.2) is 41.4 Å². The number of aromatic carboxylic acids is 1. The molecule has 168 valence electrons. The number of nitrogens with zero attached hydrogens (tertiary/aromatic N) is 1. The first-order valence-electron chi connectivity index (χ1n) is 9.79. The van der Waals surface area contributed by atoms with Gasteiger partial charge in [-0.25, -0.2) is 9.78 Å². The zero-order valence-corrected chi connectivity index (χ0v) is 19.0. The van der Waals surface area contributed by atoms with E-state index in [9.17, 15) is 14.7 Å². The quantitative estimate of drug-likeness (QED) is 0.460. The van der Waals surface area contributed by atoms with E-state index in [-0.39, 0.29) is 28.7 Å². The first-order valence-corrected chi connectivity index (χ1v) is 10.8. The molecule has 0 bridgehead atoms. The molecule has 0 fully saturated rings. The van der Waals surface area contributed by atoms with Gasteiger partial charge in [-0.2, -0.15) is 0 Å². The van der Waals surface area contributed by atoms with Crippen molar-refractivity contribution in [2.75, 3.05) is 32.4 Å². The Morgan fingerprint density at radius 3 is 2.38 bits per heavy atom. The number of anilines is 1. The summed E-state index contributed by atoms with van der Waals surface area (Å²) in [6.45, 7) is 2.02. The molecule has 8 nitrogen and oxygen atoms in total. The van der Waals surface area contributed by atoms with Gasteiger partial charge in [0, 0.05) is 17.5 Å². The van der Waals surface area contributed by atoms with Crippen LogP contribution in [0.3, 0.4) is 0 Å². The molecule has 9 heteroatoms. The number of hydrogen-bond acceptors (Lipinski definition) is 7. The van der Waals surface area contributed by atoms with E-state index in [1.54, 1.807) is 7.11 Å². The monoisotopic (exact) mass is 456 g/mol. The Morgan fingerprint density at radius 1 is 1.03 bits per heavy atom. The van der Waals surface area contributed by atoms with Crippen molar-refractivity contribution >= 4 is 40.2 Å². The Balaban J connectivity index is 1.80. The highest BCUT2D eigenvalue weighted by Crippen LogP contribution is 2.34. The van der Waals surface area contributed by atoms with Crippen LogP contribution < -0.4 is 19.5 Å². The number of nitrogens with one attached hydrogen (secondary N) is 1. The predicted molar refractivity (Wildman–Crippen MR) is 124 cm³/mol. The van der Waals surface area contributed by atoms with Crippen LogP contribution in [-0.4, -0.2) is 49.0 Å². The Bertz CT molecular complexity index is 1160. The lowest BCUT2D eigenvalue weighted by molar-refractivity contribution is -0.113. The fourth-order valence-electron chi connectivity index (χ4n) is 3.17. The third-order valence-corrected chi connectivity index (χ3v) is 5.84. The van der Waals surface area contributed by atoms with Crippen LogP contribution in [0.5, 0.6) is 17.2 Å². The van der Waals surface area contributed by atoms with Crippen LogP contribution in [0.4, 0.5) is 5.69 Å². The molecule has 3 rings (SSSR count). The normalized spacial score (nSPS) is 10.6. The molecule has 0 saturated carbocycles. The van der Waals surface area contributed by atoms with Gasteiger partial charge < -0.3 is 24.6 Å². The van der Waals surface area contributed by atoms with Crippen LogP contribution in [0.1, 0.15) is 22.8 Å². The number of thioether (sulfide) groups is 1. The van der Waals surface area contributed by atoms with Crippen molar-refractivity contribution < 1.29 is 28.9 Å². The van der Waals surface area contributed by atoms with Crippen LogP contribution >= 0.6 is 11.8 Å². The molecular formula is C23H24N2O6S. The summed E-state index contributed by atoms with van der Waals surface area (Å²) >= 11 is 1.30. The Morgan fingerprint density at radius 2 is 1.75 bits per heavy atom. The van der Waals surface area contributed by atoms with E-state index >= 15 is 0 Å². The molecule has 2 N–H and O–H groups in total. The number of rotatable bonds is 9. The maximum absolute atomic E-state index is 12.6. The first kappa shape index (κ1) is 23.2. The number of aryl methyl sites for hydroxylation is 1. The SMILES string of the molecule is CCc1cc2cc(OC)ccc2nc1SCC(=O)Nc1cc(OC)c(OC)cc1C(=O)O. The number of fused-ring (bicyclic) bond motifs is 1. The van der Waals surface area contributed by atoms with E-state index in [0.717, 1.165) is 33.7 Å². The van der Waals surface area contributed by atoms with Gasteiger partial charge in [-0.3, -0.25) is 4.79 Å². The van der Waals surface area contributed by atoms with Gasteiger partial charge in [0.2, 0.25) is 5.91 Å². The van der Waals surface area contributed by atoms with Crippen molar-refractivity contribution in [1.29, 1.82) is 0 Å². The second-order valence-corrected chi connectivity index (χ2v) is 7.72. The van der Waals surface area contributed by atoms with Gasteiger partial charge in [-0.1, -0.05) is 18.7 Å². The highest BCUT2D eigenvalue weighted by Gasteiger charge is 2.18. The minimum Gasteiger partial charge on any atom is -0.497 e. The average molecular weight is 457 g/mol. The molecule has 0 spiro atoms. The molecule has 0 aliphatic rings. The summed E-state index contributed by atoms with van der Waals surface area (Å²) in [7, 11) is 4.47. The fourth-order valence-corrected chi connectivity index (χ4v) is 4.06. The number of amides is 1. The van der Waals surface area contributed by atoms with Gasteiger partial charge in [-0.15, -0.1) is 0 Å². The van der Waals surface area contributed by atoms with Crippen molar-refractivity contribution in [2.24, 2.45) is 0 Å². The third-order valence-electron chi connectivity index (χ3n) is 4.81. The molecule has 2 aromatic carbocycles. The Hall–Kier alpha value is -3.46. The summed E-state index contributed by atoms with van der Waals surface area (Å²) < 4.78 is 15.6. The number of carbonyl (C=O) groups is 2. The van der Waals surface area contributed by atoms with Crippen molar-refractivity contribution in [3.63, 3.8) is 0 Å². The van der Waals surface area contributed by atoms with Crippen LogP contribution in [0.2, 0.25) is 0 Å². The Labute approximate surface area is 189 Å². The number of hydrogen-bond donors (Lipinski definition) is 2. The van der Waals surface area contributed by atoms with Crippen molar-refractivity contribution in [1.82, 2.24) is 4.98 Å². The van der Waals surface area contributed by atoms with Gasteiger partial charge in [0.1, 0.15) is 10.8 Å². The highest BCUT2D eigenvalue weighted by molar-refractivity contribution is 8.00. The molecule has 1 amide bonds. The molecule has 1 heterocycles. The number of methoxy groups -OCH3 is 3. The molecule has 0 unspecified atom stereocenters. The van der Waals surface area contributed by atoms with Crippen molar-refractivity contribution in [2.45, 2.75) is 18.4 Å². The molecule has 0 saturated heterocycles. The number of carboxylic acids is 1. The Kier molecular flexibility index (Phi) is 7.42. The standard InChI is InChI=1S/C23H24N2O6S/c1-5-13-8-14-9-15(29-2)6-7-17(14)25-22(13)32-12-21(26)24-18-11-20(31-4)19(30-3)10-16(18)23(27)28/h6-11H,5,12H2,1-4H3,(H,24,26)(H,27,28). The van der Waals surface area contributed by atoms with Crippen molar-refractivity contribution in [3.05, 3.63) is 47.5 Å². The van der Waals surface area contributed by atoms with E-state index in [0.29, 0.717) is 5.75 Å². The molecular weight excluding hydrogens is 432 g/mol. The minimum absolute atomic E-state index is 0.0645. The lowest BCUT2D eigenvalue weighted by atomic mass is 10.1. The maximum atomic E-state index is 12.6. The molecule has 3 aromatic rings. The third kappa shape index (κ3) is 5.05. The summed E-state index contributed by atoms with van der Waals surface area (Å²) in [6.07, 6.45) is 0.753. The lowest BCUT2D eigenvalue weighted by Crippen LogP contribution is -2.17. The van der Waals surface area contributed by atoms with Gasteiger partial charge >= 0.3 is 5.97 Å². The second kappa shape index (κ2) is 10.2. The summed E-state index contributed by atoms with van der Waals surface area (Å²) in [4.78, 5) is 28.9. The molecule has 0 aliphatic heterocycles. The van der Waals surface area contributed by atoms with E-state index in [1.807, 2.05) is 31.2 Å². The molecule has 0 atom stereocenters. The summed E-state index contributed by atoms with van der Waals surface area (Å²) in [5.41, 5.74) is 1.86. The number of carboxylic acid groups (broad SMARTS) is 1. The number of pyridine rings is 1. The van der Waals surface area contributed by atoms with E-state index in [2.05, 4.69) is 5.32 Å². The molecule has 0 aliphatic carbocycles. The van der Waals surface area contributed by atoms with Gasteiger partial charge in [0.05, 0.1) is 43.8 Å². The summed E-state index contributed by atoms with van der Waals surface area (Å²) in [6, 6.07) is 10.4. The zero-order valence-electron chi connectivity index (χ0n) is 18.2. The van der Waals surface area contributed by atoms with E-state index in [1.165, 1.54) is 38.1 Å². The van der Waals surface area contributed by atoms with Crippen molar-refractivity contribution in [3.8, 4) is 17.2 Å². The van der Waals surface area contributed by atoms with Crippen LogP contribution in [0, 0.1) is 0 Å². The smallest absolute Gasteiger partial charge is 0.337 e. The average Bonchev–Trinajstić information content (AvgIpc) is 2.81. The van der Waals surface area contributed by atoms with Crippen LogP contribution in [0.25, 0.3) is 10.9 Å². The zero-order chi connectivity index (χ0) is 23.3. The summed E-state index contributed by atoms with van der Waals surface area (Å²) in [5.74, 6) is -0.139. The highest BCUT2D eigenvalue weighted by atomic mass is 32.2. The van der Waals surface area contributed by atoms with Gasteiger partial charge in [-0.05, 0) is 36.2 Å². The number of aromatic nitrogens is 1. The number of benzene rings is 2. The largest absolute Gasteiger partial charge is 0.497 e. The second-order valence-electron chi connectivity index (χ2n) is 6.76. The molecule has 32 heavy (non-hydrogen) atoms. The van der Waals surface area contributed by atoms with Crippen LogP contribution in [-0.2, 0) is 11.2 Å². The predicted octanol–water partition coefficient (Wildman–Crippen LogP) is 4.25. The molecule has 1 aromatic heterocycles. The van der Waals surface area contributed by atoms with Gasteiger partial charge in [0.25, 0.3) is 0 Å². The maximum Gasteiger partial charge on any atom is 0.337 e. The van der Waals surface area contributed by atoms with Gasteiger partial charge in [0.15, 0.2) is 11.5 Å². The number of ether oxygens (including phenoxy) is 3. The lowest BCUT2D eigenvalue weighted by Gasteiger charge is -2.14. The first-order chi connectivity index (χ1) is 15.4. The molecule has 0 radical (unpaired) electrons. The topological polar surface area (TPSA) is 107 Å². The number of carbonyl (C=O) groups excluding carboxylic acids is 1.